The van der Waals surface area contributed by atoms with Crippen molar-refractivity contribution in [3.8, 4) is 17.0 Å². The number of pyridine rings is 1. The van der Waals surface area contributed by atoms with E-state index in [0.29, 0.717) is 26.3 Å². The summed E-state index contributed by atoms with van der Waals surface area (Å²) in [5, 5.41) is 0.679. The van der Waals surface area contributed by atoms with E-state index >= 15 is 0 Å². The van der Waals surface area contributed by atoms with E-state index in [1.807, 2.05) is 36.4 Å². The standard InChI is InChI=1S/C23H17F3N2O2S/c1-30-16-8-4-14(5-9-16)18-11-10-17-20(27)21(31-22(17)28-18)19(29)12-13-2-6-15(7-3-13)23(24,25)26/h2-11H,12,27H2,1H3. The van der Waals surface area contributed by atoms with Crippen molar-refractivity contribution in [3.63, 3.8) is 0 Å². The Morgan fingerprint density at radius 3 is 2.32 bits per heavy atom. The highest BCUT2D eigenvalue weighted by atomic mass is 32.1. The molecule has 0 fully saturated rings. The van der Waals surface area contributed by atoms with Gasteiger partial charge in [-0.3, -0.25) is 4.79 Å². The number of halogens is 3. The van der Waals surface area contributed by atoms with Gasteiger partial charge < -0.3 is 10.5 Å². The highest BCUT2D eigenvalue weighted by molar-refractivity contribution is 7.21. The van der Waals surface area contributed by atoms with Crippen molar-refractivity contribution in [3.05, 3.63) is 76.7 Å². The van der Waals surface area contributed by atoms with E-state index in [1.165, 1.54) is 23.5 Å². The number of benzene rings is 2. The zero-order chi connectivity index (χ0) is 22.2. The van der Waals surface area contributed by atoms with Crippen LogP contribution in [0.15, 0.2) is 60.7 Å². The first-order valence-electron chi connectivity index (χ1n) is 9.29. The second-order valence-electron chi connectivity index (χ2n) is 6.92. The molecule has 4 aromatic rings. The number of methoxy groups -OCH3 is 1. The first-order valence-corrected chi connectivity index (χ1v) is 10.1. The van der Waals surface area contributed by atoms with Gasteiger partial charge in [-0.2, -0.15) is 13.2 Å². The fraction of sp³-hybridized carbons (Fsp3) is 0.130. The number of nitrogens with zero attached hydrogens (tertiary/aromatic N) is 1. The number of Topliss-reactive ketones (excluding diaryl/α,β-unsaturated/α-hetero) is 1. The fourth-order valence-electron chi connectivity index (χ4n) is 3.20. The van der Waals surface area contributed by atoms with Crippen molar-refractivity contribution in [2.75, 3.05) is 12.8 Å². The summed E-state index contributed by atoms with van der Waals surface area (Å²) >= 11 is 1.18. The van der Waals surface area contributed by atoms with Crippen molar-refractivity contribution >= 4 is 33.0 Å². The van der Waals surface area contributed by atoms with E-state index in [1.54, 1.807) is 7.11 Å². The number of aromatic nitrogens is 1. The summed E-state index contributed by atoms with van der Waals surface area (Å²) in [5.74, 6) is 0.479. The van der Waals surface area contributed by atoms with Gasteiger partial charge in [0.05, 0.1) is 28.9 Å². The number of ether oxygens (including phenoxy) is 1. The predicted octanol–water partition coefficient (Wildman–Crippen LogP) is 6.00. The van der Waals surface area contributed by atoms with Gasteiger partial charge in [0.25, 0.3) is 0 Å². The maximum atomic E-state index is 12.8. The molecule has 2 heterocycles. The third kappa shape index (κ3) is 4.25. The minimum atomic E-state index is -4.41. The number of carbonyl (C=O) groups excluding carboxylic acids is 1. The second kappa shape index (κ2) is 8.03. The Bertz CT molecular complexity index is 1250. The number of fused-ring (bicyclic) bond motifs is 1. The van der Waals surface area contributed by atoms with Gasteiger partial charge >= 0.3 is 6.18 Å². The number of carbonyl (C=O) groups is 1. The first-order chi connectivity index (χ1) is 14.8. The molecule has 0 saturated heterocycles. The number of nitrogens with two attached hydrogens (primary N) is 1. The van der Waals surface area contributed by atoms with Gasteiger partial charge in [0.2, 0.25) is 0 Å². The summed E-state index contributed by atoms with van der Waals surface area (Å²) in [7, 11) is 1.59. The largest absolute Gasteiger partial charge is 0.497 e. The molecule has 0 spiro atoms. The predicted molar refractivity (Wildman–Crippen MR) is 115 cm³/mol. The first kappa shape index (κ1) is 20.9. The molecule has 2 aromatic carbocycles. The number of thiophene rings is 1. The Morgan fingerprint density at radius 1 is 1.03 bits per heavy atom. The van der Waals surface area contributed by atoms with Crippen LogP contribution in [0, 0.1) is 0 Å². The van der Waals surface area contributed by atoms with Crippen molar-refractivity contribution in [2.45, 2.75) is 12.6 Å². The van der Waals surface area contributed by atoms with Crippen LogP contribution in [0.25, 0.3) is 21.5 Å². The molecule has 0 saturated carbocycles. The normalized spacial score (nSPS) is 11.6. The Balaban J connectivity index is 1.60. The van der Waals surface area contributed by atoms with Crippen LogP contribution < -0.4 is 10.5 Å². The summed E-state index contributed by atoms with van der Waals surface area (Å²) in [4.78, 5) is 18.4. The SMILES string of the molecule is COc1ccc(-c2ccc3c(N)c(C(=O)Cc4ccc(C(F)(F)F)cc4)sc3n2)cc1. The lowest BCUT2D eigenvalue weighted by Crippen LogP contribution is -2.07. The topological polar surface area (TPSA) is 65.2 Å². The Labute approximate surface area is 180 Å². The molecule has 0 bridgehead atoms. The molecule has 0 atom stereocenters. The minimum absolute atomic E-state index is 0.0412. The summed E-state index contributed by atoms with van der Waals surface area (Å²) in [5.41, 5.74) is 7.89. The fourth-order valence-corrected chi connectivity index (χ4v) is 4.24. The molecule has 0 amide bonds. The highest BCUT2D eigenvalue weighted by Crippen LogP contribution is 2.35. The number of nitrogen functional groups attached to an aromatic ring is 1. The van der Waals surface area contributed by atoms with Gasteiger partial charge in [-0.05, 0) is 54.1 Å². The highest BCUT2D eigenvalue weighted by Gasteiger charge is 2.30. The maximum absolute atomic E-state index is 12.8. The Morgan fingerprint density at radius 2 is 1.71 bits per heavy atom. The van der Waals surface area contributed by atoms with Crippen LogP contribution in [-0.2, 0) is 12.6 Å². The Kier molecular flexibility index (Phi) is 5.41. The van der Waals surface area contributed by atoms with E-state index in [9.17, 15) is 18.0 Å². The van der Waals surface area contributed by atoms with Crippen LogP contribution >= 0.6 is 11.3 Å². The number of hydrogen-bond donors (Lipinski definition) is 1. The lowest BCUT2D eigenvalue weighted by molar-refractivity contribution is -0.137. The minimum Gasteiger partial charge on any atom is -0.497 e. The van der Waals surface area contributed by atoms with Gasteiger partial charge in [0, 0.05) is 17.4 Å². The second-order valence-corrected chi connectivity index (χ2v) is 7.92. The molecule has 0 aliphatic rings. The third-order valence-electron chi connectivity index (χ3n) is 4.88. The van der Waals surface area contributed by atoms with Crippen LogP contribution in [0.3, 0.4) is 0 Å². The van der Waals surface area contributed by atoms with Crippen LogP contribution in [0.4, 0.5) is 18.9 Å². The van der Waals surface area contributed by atoms with Crippen molar-refractivity contribution in [1.29, 1.82) is 0 Å². The molecule has 158 valence electrons. The van der Waals surface area contributed by atoms with Gasteiger partial charge in [-0.1, -0.05) is 12.1 Å². The van der Waals surface area contributed by atoms with E-state index in [0.717, 1.165) is 29.1 Å². The van der Waals surface area contributed by atoms with Gasteiger partial charge in [-0.25, -0.2) is 4.98 Å². The van der Waals surface area contributed by atoms with Crippen LogP contribution in [0.5, 0.6) is 5.75 Å². The van der Waals surface area contributed by atoms with E-state index in [4.69, 9.17) is 10.5 Å². The van der Waals surface area contributed by atoms with Crippen molar-refractivity contribution < 1.29 is 22.7 Å². The zero-order valence-corrected chi connectivity index (χ0v) is 17.2. The summed E-state index contributed by atoms with van der Waals surface area (Å²) in [6, 6.07) is 15.7. The maximum Gasteiger partial charge on any atom is 0.416 e. The number of rotatable bonds is 5. The molecule has 0 radical (unpaired) electrons. The van der Waals surface area contributed by atoms with Gasteiger partial charge in [-0.15, -0.1) is 11.3 Å². The van der Waals surface area contributed by atoms with Crippen molar-refractivity contribution in [2.24, 2.45) is 0 Å². The Hall–Kier alpha value is -3.39. The molecule has 0 unspecified atom stereocenters. The van der Waals surface area contributed by atoms with Crippen LogP contribution in [0.1, 0.15) is 20.8 Å². The zero-order valence-electron chi connectivity index (χ0n) is 16.4. The van der Waals surface area contributed by atoms with E-state index < -0.39 is 11.7 Å². The average molecular weight is 442 g/mol. The summed E-state index contributed by atoms with van der Waals surface area (Å²) in [6.07, 6.45) is -4.45. The van der Waals surface area contributed by atoms with Crippen LogP contribution in [0.2, 0.25) is 0 Å². The quantitative estimate of drug-likeness (QED) is 0.385. The molecule has 2 aromatic heterocycles. The van der Waals surface area contributed by atoms with E-state index in [2.05, 4.69) is 4.98 Å². The molecule has 8 heteroatoms. The third-order valence-corrected chi connectivity index (χ3v) is 6.04. The molecular weight excluding hydrogens is 425 g/mol. The smallest absolute Gasteiger partial charge is 0.416 e. The lowest BCUT2D eigenvalue weighted by Gasteiger charge is -2.07. The number of alkyl halides is 3. The number of hydrogen-bond acceptors (Lipinski definition) is 5. The average Bonchev–Trinajstić information content (AvgIpc) is 3.09. The molecule has 0 aliphatic carbocycles. The summed E-state index contributed by atoms with van der Waals surface area (Å²) < 4.78 is 43.3. The molecule has 31 heavy (non-hydrogen) atoms. The number of anilines is 1. The van der Waals surface area contributed by atoms with Crippen molar-refractivity contribution in [1.82, 2.24) is 4.98 Å². The van der Waals surface area contributed by atoms with Gasteiger partial charge in [0.1, 0.15) is 10.6 Å². The molecule has 0 aliphatic heterocycles. The molecule has 4 nitrogen and oxygen atoms in total. The number of ketones is 1. The van der Waals surface area contributed by atoms with Crippen LogP contribution in [-0.4, -0.2) is 17.9 Å². The monoisotopic (exact) mass is 442 g/mol. The molecule has 2 N–H and O–H groups in total. The van der Waals surface area contributed by atoms with E-state index in [-0.39, 0.29) is 12.2 Å². The van der Waals surface area contributed by atoms with Gasteiger partial charge in [0.15, 0.2) is 5.78 Å². The summed E-state index contributed by atoms with van der Waals surface area (Å²) in [6.45, 7) is 0. The molecular formula is C23H17F3N2O2S. The lowest BCUT2D eigenvalue weighted by atomic mass is 10.0. The molecule has 4 rings (SSSR count).